The summed E-state index contributed by atoms with van der Waals surface area (Å²) < 4.78 is 7.65. The Morgan fingerprint density at radius 3 is 2.46 bits per heavy atom. The lowest BCUT2D eigenvalue weighted by Crippen LogP contribution is -3.00. The molecule has 0 aliphatic rings. The fourth-order valence-corrected chi connectivity index (χ4v) is 3.86. The molecule has 28 heavy (non-hydrogen) atoms. The molecule has 0 saturated heterocycles. The molecule has 0 atom stereocenters. The molecule has 4 nitrogen and oxygen atoms in total. The third kappa shape index (κ3) is 2.86. The largest absolute Gasteiger partial charge is 1.00 e. The van der Waals surface area contributed by atoms with Gasteiger partial charge in [0.1, 0.15) is 18.3 Å². The highest BCUT2D eigenvalue weighted by atomic mass is 127. The van der Waals surface area contributed by atoms with Crippen LogP contribution in [0.5, 0.6) is 5.75 Å². The third-order valence-corrected chi connectivity index (χ3v) is 5.14. The Morgan fingerprint density at radius 1 is 0.893 bits per heavy atom. The van der Waals surface area contributed by atoms with Gasteiger partial charge in [-0.2, -0.15) is 4.57 Å². The number of nitrogens with one attached hydrogen (secondary N) is 2. The Balaban J connectivity index is 0.00000192. The van der Waals surface area contributed by atoms with Crippen LogP contribution in [-0.2, 0) is 7.05 Å². The molecule has 2 heterocycles. The summed E-state index contributed by atoms with van der Waals surface area (Å²) in [6, 6.07) is 24.9. The molecule has 3 aromatic carbocycles. The van der Waals surface area contributed by atoms with E-state index in [1.807, 2.05) is 18.2 Å². The number of ether oxygens (including phenoxy) is 1. The standard InChI is InChI=1S/C23H19N3O.HI/c1-26-20-13-6-4-11-18(20)21(24-15-8-7-9-16(14-15)27-2)22-23(26)17-10-3-5-12-19(17)25-22;/h3-14H,1-2H3,(H,24,25);1H. The average molecular weight is 481 g/mol. The summed E-state index contributed by atoms with van der Waals surface area (Å²) in [7, 11) is 3.81. The molecule has 0 bridgehead atoms. The Bertz CT molecular complexity index is 1310. The second-order valence-electron chi connectivity index (χ2n) is 6.70. The Labute approximate surface area is 180 Å². The Morgan fingerprint density at radius 2 is 1.64 bits per heavy atom. The fraction of sp³-hybridized carbons (Fsp3) is 0.0870. The number of aryl methyl sites for hydroxylation is 1. The number of nitrogens with zero attached hydrogens (tertiary/aromatic N) is 1. The number of H-pyrrole nitrogens is 1. The second-order valence-corrected chi connectivity index (χ2v) is 6.70. The minimum absolute atomic E-state index is 0. The molecule has 0 unspecified atom stereocenters. The minimum atomic E-state index is 0. The first-order valence-corrected chi connectivity index (χ1v) is 8.98. The third-order valence-electron chi connectivity index (χ3n) is 5.14. The maximum atomic E-state index is 5.38. The Hall–Kier alpha value is -2.80. The average Bonchev–Trinajstić information content (AvgIpc) is 3.11. The van der Waals surface area contributed by atoms with Crippen LogP contribution in [0, 0.1) is 0 Å². The van der Waals surface area contributed by atoms with Gasteiger partial charge in [0.05, 0.1) is 29.1 Å². The zero-order chi connectivity index (χ0) is 18.4. The van der Waals surface area contributed by atoms with Crippen molar-refractivity contribution in [3.8, 4) is 5.75 Å². The number of hydrogen-bond donors (Lipinski definition) is 2. The summed E-state index contributed by atoms with van der Waals surface area (Å²) in [6.45, 7) is 0. The zero-order valence-electron chi connectivity index (χ0n) is 15.7. The van der Waals surface area contributed by atoms with Crippen LogP contribution in [-0.4, -0.2) is 12.1 Å². The van der Waals surface area contributed by atoms with Gasteiger partial charge < -0.3 is 39.0 Å². The number of halogens is 1. The fourth-order valence-electron chi connectivity index (χ4n) is 3.86. The number of rotatable bonds is 3. The number of pyridine rings is 1. The highest BCUT2D eigenvalue weighted by Crippen LogP contribution is 2.35. The molecule has 2 aromatic heterocycles. The number of para-hydroxylation sites is 2. The summed E-state index contributed by atoms with van der Waals surface area (Å²) in [4.78, 5) is 3.61. The van der Waals surface area contributed by atoms with Gasteiger partial charge in [-0.05, 0) is 30.3 Å². The lowest BCUT2D eigenvalue weighted by Gasteiger charge is -2.11. The molecule has 0 aliphatic carbocycles. The monoisotopic (exact) mass is 481 g/mol. The number of anilines is 2. The van der Waals surface area contributed by atoms with E-state index >= 15 is 0 Å². The smallest absolute Gasteiger partial charge is 0.240 e. The van der Waals surface area contributed by atoms with Crippen molar-refractivity contribution in [1.29, 1.82) is 0 Å². The number of aromatic amines is 1. The lowest BCUT2D eigenvalue weighted by molar-refractivity contribution is -0.616. The molecular weight excluding hydrogens is 461 g/mol. The van der Waals surface area contributed by atoms with Crippen molar-refractivity contribution in [2.75, 3.05) is 12.4 Å². The molecule has 5 aromatic rings. The van der Waals surface area contributed by atoms with Crippen molar-refractivity contribution in [1.82, 2.24) is 4.98 Å². The van der Waals surface area contributed by atoms with Crippen LogP contribution >= 0.6 is 0 Å². The summed E-state index contributed by atoms with van der Waals surface area (Å²) >= 11 is 0. The first-order valence-electron chi connectivity index (χ1n) is 8.98. The molecule has 0 aliphatic heterocycles. The van der Waals surface area contributed by atoms with E-state index in [0.29, 0.717) is 0 Å². The van der Waals surface area contributed by atoms with E-state index in [0.717, 1.165) is 28.2 Å². The van der Waals surface area contributed by atoms with Crippen molar-refractivity contribution in [2.45, 2.75) is 0 Å². The van der Waals surface area contributed by atoms with Crippen LogP contribution in [0.2, 0.25) is 0 Å². The molecule has 2 N–H and O–H groups in total. The van der Waals surface area contributed by atoms with Crippen molar-refractivity contribution >= 4 is 44.2 Å². The van der Waals surface area contributed by atoms with E-state index < -0.39 is 0 Å². The van der Waals surface area contributed by atoms with Crippen LogP contribution in [0.3, 0.4) is 0 Å². The van der Waals surface area contributed by atoms with E-state index in [1.54, 1.807) is 7.11 Å². The van der Waals surface area contributed by atoms with Crippen LogP contribution in [0.15, 0.2) is 72.8 Å². The molecule has 0 radical (unpaired) electrons. The second kappa shape index (κ2) is 7.31. The van der Waals surface area contributed by atoms with Gasteiger partial charge in [-0.1, -0.05) is 30.3 Å². The first kappa shape index (κ1) is 18.6. The lowest BCUT2D eigenvalue weighted by atomic mass is 10.1. The number of benzene rings is 3. The number of aromatic nitrogens is 2. The van der Waals surface area contributed by atoms with E-state index in [4.69, 9.17) is 4.74 Å². The molecule has 0 fully saturated rings. The maximum Gasteiger partial charge on any atom is 0.240 e. The van der Waals surface area contributed by atoms with Gasteiger partial charge in [0, 0.05) is 17.8 Å². The van der Waals surface area contributed by atoms with E-state index in [1.165, 1.54) is 21.8 Å². The van der Waals surface area contributed by atoms with Crippen molar-refractivity contribution in [3.63, 3.8) is 0 Å². The summed E-state index contributed by atoms with van der Waals surface area (Å²) in [5, 5.41) is 6.01. The van der Waals surface area contributed by atoms with Crippen molar-refractivity contribution < 1.29 is 33.3 Å². The van der Waals surface area contributed by atoms with Gasteiger partial charge in [0.2, 0.25) is 11.0 Å². The normalized spacial score (nSPS) is 10.9. The highest BCUT2D eigenvalue weighted by Gasteiger charge is 2.22. The van der Waals surface area contributed by atoms with Gasteiger partial charge >= 0.3 is 0 Å². The molecule has 0 saturated carbocycles. The maximum absolute atomic E-state index is 5.38. The van der Waals surface area contributed by atoms with Gasteiger partial charge in [0.25, 0.3) is 0 Å². The Kier molecular flexibility index (Phi) is 4.85. The summed E-state index contributed by atoms with van der Waals surface area (Å²) in [5.41, 5.74) is 6.67. The quantitative estimate of drug-likeness (QED) is 0.306. The van der Waals surface area contributed by atoms with Crippen LogP contribution in [0.1, 0.15) is 0 Å². The summed E-state index contributed by atoms with van der Waals surface area (Å²) in [5.74, 6) is 0.832. The minimum Gasteiger partial charge on any atom is -1.00 e. The zero-order valence-corrected chi connectivity index (χ0v) is 17.8. The molecule has 5 rings (SSSR count). The van der Waals surface area contributed by atoms with Gasteiger partial charge in [-0.15, -0.1) is 0 Å². The topological polar surface area (TPSA) is 40.9 Å². The van der Waals surface area contributed by atoms with Gasteiger partial charge in [-0.25, -0.2) is 0 Å². The van der Waals surface area contributed by atoms with Crippen LogP contribution in [0.4, 0.5) is 11.4 Å². The first-order chi connectivity index (χ1) is 13.3. The van der Waals surface area contributed by atoms with Crippen molar-refractivity contribution in [2.24, 2.45) is 7.05 Å². The molecule has 0 amide bonds. The highest BCUT2D eigenvalue weighted by molar-refractivity contribution is 6.13. The van der Waals surface area contributed by atoms with Gasteiger partial charge in [0.15, 0.2) is 0 Å². The predicted molar refractivity (Wildman–Crippen MR) is 111 cm³/mol. The van der Waals surface area contributed by atoms with Crippen molar-refractivity contribution in [3.05, 3.63) is 72.8 Å². The predicted octanol–water partition coefficient (Wildman–Crippen LogP) is 2.05. The molecule has 5 heteroatoms. The van der Waals surface area contributed by atoms with Crippen LogP contribution in [0.25, 0.3) is 32.8 Å². The number of fused-ring (bicyclic) bond motifs is 4. The van der Waals surface area contributed by atoms with E-state index in [-0.39, 0.29) is 24.0 Å². The number of methoxy groups -OCH3 is 1. The van der Waals surface area contributed by atoms with Gasteiger partial charge in [-0.3, -0.25) is 0 Å². The molecular formula is C23H20IN3O. The van der Waals surface area contributed by atoms with E-state index in [9.17, 15) is 0 Å². The molecule has 0 spiro atoms. The number of hydrogen-bond acceptors (Lipinski definition) is 2. The molecule has 140 valence electrons. The summed E-state index contributed by atoms with van der Waals surface area (Å²) in [6.07, 6.45) is 0. The SMILES string of the molecule is COc1cccc(Nc2c3ccccc3[n+](C)c3c2[nH]c2ccccc23)c1.[I-]. The van der Waals surface area contributed by atoms with E-state index in [2.05, 4.69) is 76.5 Å². The van der Waals surface area contributed by atoms with Crippen LogP contribution < -0.4 is 38.6 Å².